The quantitative estimate of drug-likeness (QED) is 0.170. The predicted octanol–water partition coefficient (Wildman–Crippen LogP) is 5.55. The van der Waals surface area contributed by atoms with Crippen LogP contribution in [0.3, 0.4) is 0 Å². The molecule has 0 aliphatic rings. The number of methoxy groups -OCH3 is 1. The van der Waals surface area contributed by atoms with E-state index in [1.54, 1.807) is 0 Å². The molecule has 0 aliphatic heterocycles. The predicted molar refractivity (Wildman–Crippen MR) is 98.6 cm³/mol. The summed E-state index contributed by atoms with van der Waals surface area (Å²) in [5, 5.41) is 0. The molecule has 0 unspecified atom stereocenters. The molecular weight excluding hydrogens is 299 g/mol. The maximum absolute atomic E-state index is 10.9. The molecule has 0 N–H and O–H groups in total. The van der Waals surface area contributed by atoms with Crippen molar-refractivity contribution in [1.82, 2.24) is 0 Å². The van der Waals surface area contributed by atoms with Crippen molar-refractivity contribution in [3.8, 4) is 0 Å². The topological polar surface area (TPSA) is 26.3 Å². The molecule has 0 aromatic heterocycles. The Hall–Kier alpha value is 0.846. The molecule has 0 atom stereocenters. The van der Waals surface area contributed by atoms with Gasteiger partial charge in [-0.1, -0.05) is 70.4 Å². The normalized spacial score (nSPS) is 10.6. The van der Waals surface area contributed by atoms with Crippen LogP contribution in [-0.2, 0) is 9.53 Å². The Bertz CT molecular complexity index is 252. The van der Waals surface area contributed by atoms with Crippen LogP contribution in [0, 0.1) is 0 Å². The van der Waals surface area contributed by atoms with E-state index in [2.05, 4.69) is 23.8 Å². The second-order valence-corrected chi connectivity index (χ2v) is 5.91. The summed E-state index contributed by atoms with van der Waals surface area (Å²) in [4.78, 5) is 10.9. The first-order valence-corrected chi connectivity index (χ1v) is 9.03. The molecule has 126 valence electrons. The average molecular weight is 337 g/mol. The van der Waals surface area contributed by atoms with Crippen molar-refractivity contribution in [3.63, 3.8) is 0 Å². The van der Waals surface area contributed by atoms with Crippen molar-refractivity contribution < 1.29 is 9.53 Å². The summed E-state index contributed by atoms with van der Waals surface area (Å²) in [7, 11) is 1.46. The number of ether oxygens (including phenoxy) is 1. The minimum absolute atomic E-state index is 0. The zero-order valence-electron chi connectivity index (χ0n) is 14.4. The van der Waals surface area contributed by atoms with E-state index < -0.39 is 0 Å². The second-order valence-electron chi connectivity index (χ2n) is 5.91. The molecule has 0 radical (unpaired) electrons. The number of esters is 1. The van der Waals surface area contributed by atoms with Gasteiger partial charge in [0.1, 0.15) is 0 Å². The number of carbonyl (C=O) groups excluding carboxylic acids is 1. The second kappa shape index (κ2) is 21.8. The van der Waals surface area contributed by atoms with E-state index in [-0.39, 0.29) is 57.4 Å². The van der Waals surface area contributed by atoms with E-state index >= 15 is 0 Å². The third-order valence-electron chi connectivity index (χ3n) is 3.87. The Labute approximate surface area is 181 Å². The fourth-order valence-electron chi connectivity index (χ4n) is 2.44. The van der Waals surface area contributed by atoms with Gasteiger partial charge in [-0.15, -0.1) is 0 Å². The van der Waals surface area contributed by atoms with Gasteiger partial charge in [0.05, 0.1) is 7.11 Å². The summed E-state index contributed by atoms with van der Waals surface area (Å²) in [6.07, 6.45) is 22.0. The standard InChI is InChI=1S/C19H36O2.K.H/c1-3-4-5-6-7-8-9-10-11-12-13-14-15-16-17-18-19(20)21-2;;/h10-11H,3-9,12-18H2,1-2H3;;/b11-10-;;. The van der Waals surface area contributed by atoms with Crippen LogP contribution >= 0.6 is 0 Å². The van der Waals surface area contributed by atoms with Gasteiger partial charge in [0.25, 0.3) is 0 Å². The Morgan fingerprint density at radius 3 is 1.73 bits per heavy atom. The van der Waals surface area contributed by atoms with Crippen LogP contribution < -0.4 is 0 Å². The van der Waals surface area contributed by atoms with Crippen LogP contribution in [0.1, 0.15) is 96.8 Å². The summed E-state index contributed by atoms with van der Waals surface area (Å²) in [5.74, 6) is -0.0763. The van der Waals surface area contributed by atoms with Gasteiger partial charge in [0.15, 0.2) is 0 Å². The molecule has 0 aromatic rings. The molecule has 0 saturated carbocycles. The van der Waals surface area contributed by atoms with E-state index in [0.717, 1.165) is 12.8 Å². The van der Waals surface area contributed by atoms with Gasteiger partial charge < -0.3 is 4.74 Å². The minimum atomic E-state index is -0.0763. The SMILES string of the molecule is CCCCCCCC/C=C\CCCCCCCC(=O)OC.[KH]. The number of hydrogen-bond acceptors (Lipinski definition) is 2. The van der Waals surface area contributed by atoms with Crippen LogP contribution in [-0.4, -0.2) is 64.5 Å². The molecule has 3 heteroatoms. The number of rotatable bonds is 15. The first kappa shape index (κ1) is 25.1. The first-order valence-electron chi connectivity index (χ1n) is 9.03. The number of carbonyl (C=O) groups is 1. The van der Waals surface area contributed by atoms with Gasteiger partial charge in [0, 0.05) is 6.42 Å². The molecule has 0 aliphatic carbocycles. The van der Waals surface area contributed by atoms with Gasteiger partial charge in [-0.3, -0.25) is 4.79 Å². The van der Waals surface area contributed by atoms with Crippen molar-refractivity contribution >= 4 is 57.4 Å². The third kappa shape index (κ3) is 20.8. The van der Waals surface area contributed by atoms with Crippen LogP contribution in [0.25, 0.3) is 0 Å². The average Bonchev–Trinajstić information content (AvgIpc) is 2.50. The zero-order valence-corrected chi connectivity index (χ0v) is 14.4. The molecular formula is C19H37KO2. The molecule has 2 nitrogen and oxygen atoms in total. The summed E-state index contributed by atoms with van der Waals surface area (Å²) in [6, 6.07) is 0. The van der Waals surface area contributed by atoms with Gasteiger partial charge in [-0.2, -0.15) is 0 Å². The number of allylic oxidation sites excluding steroid dienone is 2. The van der Waals surface area contributed by atoms with Crippen molar-refractivity contribution in [2.75, 3.05) is 7.11 Å². The Morgan fingerprint density at radius 1 is 0.773 bits per heavy atom. The van der Waals surface area contributed by atoms with E-state index in [0.29, 0.717) is 6.42 Å². The molecule has 22 heavy (non-hydrogen) atoms. The van der Waals surface area contributed by atoms with E-state index in [9.17, 15) is 4.79 Å². The van der Waals surface area contributed by atoms with Gasteiger partial charge >= 0.3 is 57.4 Å². The molecule has 0 aromatic carbocycles. The fourth-order valence-corrected chi connectivity index (χ4v) is 2.44. The molecule has 0 spiro atoms. The van der Waals surface area contributed by atoms with E-state index in [1.165, 1.54) is 77.7 Å². The molecule has 0 amide bonds. The molecule has 0 rings (SSSR count). The molecule has 0 bridgehead atoms. The van der Waals surface area contributed by atoms with Crippen LogP contribution in [0.15, 0.2) is 12.2 Å². The van der Waals surface area contributed by atoms with Crippen LogP contribution in [0.2, 0.25) is 0 Å². The Balaban J connectivity index is 0. The van der Waals surface area contributed by atoms with Gasteiger partial charge in [-0.25, -0.2) is 0 Å². The summed E-state index contributed by atoms with van der Waals surface area (Å²) in [5.41, 5.74) is 0. The molecule has 0 heterocycles. The zero-order chi connectivity index (χ0) is 15.6. The van der Waals surface area contributed by atoms with Gasteiger partial charge in [-0.05, 0) is 32.1 Å². The van der Waals surface area contributed by atoms with E-state index in [4.69, 9.17) is 0 Å². The van der Waals surface area contributed by atoms with Gasteiger partial charge in [0.2, 0.25) is 0 Å². The summed E-state index contributed by atoms with van der Waals surface area (Å²) >= 11 is 0. The first-order chi connectivity index (χ1) is 10.3. The van der Waals surface area contributed by atoms with Crippen molar-refractivity contribution in [3.05, 3.63) is 12.2 Å². The summed E-state index contributed by atoms with van der Waals surface area (Å²) < 4.78 is 4.62. The van der Waals surface area contributed by atoms with Crippen molar-refractivity contribution in [2.45, 2.75) is 96.8 Å². The van der Waals surface area contributed by atoms with Crippen molar-refractivity contribution in [1.29, 1.82) is 0 Å². The molecule has 0 saturated heterocycles. The van der Waals surface area contributed by atoms with Crippen LogP contribution in [0.4, 0.5) is 0 Å². The fraction of sp³-hybridized carbons (Fsp3) is 0.842. The number of hydrogen-bond donors (Lipinski definition) is 0. The molecule has 0 fully saturated rings. The number of unbranched alkanes of at least 4 members (excludes halogenated alkanes) is 11. The summed E-state index contributed by atoms with van der Waals surface area (Å²) in [6.45, 7) is 2.27. The third-order valence-corrected chi connectivity index (χ3v) is 3.87. The monoisotopic (exact) mass is 336 g/mol. The Kier molecular flexibility index (Phi) is 24.9. The Morgan fingerprint density at radius 2 is 1.23 bits per heavy atom. The maximum atomic E-state index is 10.9. The van der Waals surface area contributed by atoms with E-state index in [1.807, 2.05) is 0 Å². The van der Waals surface area contributed by atoms with Crippen LogP contribution in [0.5, 0.6) is 0 Å². The van der Waals surface area contributed by atoms with Crippen molar-refractivity contribution in [2.24, 2.45) is 0 Å².